The number of fused-ring (bicyclic) bond motifs is 6. The van der Waals surface area contributed by atoms with E-state index in [0.29, 0.717) is 36.7 Å². The number of aromatic amines is 1. The number of carbonyl (C=O) groups is 3. The number of hydrogen-bond acceptors (Lipinski definition) is 5. The highest BCUT2D eigenvalue weighted by Gasteiger charge is 2.65. The van der Waals surface area contributed by atoms with Crippen LogP contribution in [-0.4, -0.2) is 47.9 Å². The van der Waals surface area contributed by atoms with Crippen molar-refractivity contribution in [3.8, 4) is 11.8 Å². The summed E-state index contributed by atoms with van der Waals surface area (Å²) in [4.78, 5) is 42.2. The molecule has 1 saturated heterocycles. The number of hydrogen-bond donors (Lipinski definition) is 4. The van der Waals surface area contributed by atoms with Crippen LogP contribution in [0.25, 0.3) is 10.9 Å². The molecule has 0 unspecified atom stereocenters. The van der Waals surface area contributed by atoms with E-state index in [-0.39, 0.29) is 41.4 Å². The van der Waals surface area contributed by atoms with Gasteiger partial charge in [0.2, 0.25) is 11.8 Å². The van der Waals surface area contributed by atoms with Crippen molar-refractivity contribution in [2.45, 2.75) is 43.7 Å². The van der Waals surface area contributed by atoms with Crippen molar-refractivity contribution in [3.05, 3.63) is 30.0 Å². The van der Waals surface area contributed by atoms with Gasteiger partial charge in [0.05, 0.1) is 13.2 Å². The van der Waals surface area contributed by atoms with Crippen molar-refractivity contribution in [1.82, 2.24) is 20.9 Å². The van der Waals surface area contributed by atoms with Crippen molar-refractivity contribution in [2.24, 2.45) is 29.6 Å². The number of nitrogens with zero attached hydrogens (tertiary/aromatic N) is 1. The molecule has 182 valence electrons. The number of H-pyrrole nitrogens is 1. The third-order valence-corrected chi connectivity index (χ3v) is 8.61. The molecule has 35 heavy (non-hydrogen) atoms. The Kier molecular flexibility index (Phi) is 5.02. The second-order valence-electron chi connectivity index (χ2n) is 10.6. The van der Waals surface area contributed by atoms with Crippen molar-refractivity contribution in [1.29, 1.82) is 5.26 Å². The molecule has 6 rings (SSSR count). The minimum atomic E-state index is -1.06. The lowest BCUT2D eigenvalue weighted by Gasteiger charge is -2.37. The molecule has 4 fully saturated rings. The second-order valence-corrected chi connectivity index (χ2v) is 10.6. The quantitative estimate of drug-likeness (QED) is 0.485. The molecule has 0 spiro atoms. The Bertz CT molecular complexity index is 1260. The van der Waals surface area contributed by atoms with Crippen LogP contribution in [0.1, 0.15) is 42.6 Å². The molecule has 9 heteroatoms. The van der Waals surface area contributed by atoms with Gasteiger partial charge in [-0.3, -0.25) is 14.4 Å². The van der Waals surface area contributed by atoms with Gasteiger partial charge in [0, 0.05) is 29.3 Å². The third-order valence-electron chi connectivity index (χ3n) is 8.61. The van der Waals surface area contributed by atoms with Crippen molar-refractivity contribution in [2.75, 3.05) is 13.7 Å². The Morgan fingerprint density at radius 3 is 2.91 bits per heavy atom. The smallest absolute Gasteiger partial charge is 0.268 e. The topological polar surface area (TPSA) is 136 Å². The van der Waals surface area contributed by atoms with Crippen LogP contribution in [-0.2, 0) is 9.59 Å². The number of nitrogens with one attached hydrogen (secondary N) is 4. The second kappa shape index (κ2) is 8.01. The molecule has 1 aromatic carbocycles. The lowest BCUT2D eigenvalue weighted by molar-refractivity contribution is -0.128. The maximum Gasteiger partial charge on any atom is 0.268 e. The van der Waals surface area contributed by atoms with Gasteiger partial charge in [-0.1, -0.05) is 18.9 Å². The number of rotatable bonds is 7. The predicted molar refractivity (Wildman–Crippen MR) is 126 cm³/mol. The van der Waals surface area contributed by atoms with E-state index < -0.39 is 11.6 Å². The van der Waals surface area contributed by atoms with Crippen LogP contribution in [0.4, 0.5) is 0 Å². The van der Waals surface area contributed by atoms with E-state index >= 15 is 0 Å². The van der Waals surface area contributed by atoms with Crippen molar-refractivity contribution >= 4 is 28.6 Å². The molecular weight excluding hydrogens is 446 g/mol. The highest BCUT2D eigenvalue weighted by Crippen LogP contribution is 2.58. The molecule has 1 aromatic heterocycles. The summed E-state index contributed by atoms with van der Waals surface area (Å²) in [5, 5.41) is 19.8. The van der Waals surface area contributed by atoms with Gasteiger partial charge in [-0.05, 0) is 55.2 Å². The van der Waals surface area contributed by atoms with E-state index in [1.165, 1.54) is 0 Å². The largest absolute Gasteiger partial charge is 0.496 e. The van der Waals surface area contributed by atoms with E-state index in [4.69, 9.17) is 4.74 Å². The van der Waals surface area contributed by atoms with Crippen LogP contribution >= 0.6 is 0 Å². The zero-order valence-corrected chi connectivity index (χ0v) is 19.6. The molecule has 4 aliphatic rings. The van der Waals surface area contributed by atoms with Crippen LogP contribution in [0.3, 0.4) is 0 Å². The number of amides is 3. The van der Waals surface area contributed by atoms with E-state index in [0.717, 1.165) is 30.2 Å². The molecular formula is C26H29N5O4. The zero-order valence-electron chi connectivity index (χ0n) is 19.6. The molecule has 3 saturated carbocycles. The first-order valence-electron chi connectivity index (χ1n) is 12.4. The van der Waals surface area contributed by atoms with Crippen molar-refractivity contribution in [3.63, 3.8) is 0 Å². The normalized spacial score (nSPS) is 31.5. The highest BCUT2D eigenvalue weighted by atomic mass is 16.5. The Hall–Kier alpha value is -3.54. The first-order chi connectivity index (χ1) is 16.9. The fraction of sp³-hybridized carbons (Fsp3) is 0.538. The Morgan fingerprint density at radius 1 is 1.34 bits per heavy atom. The first kappa shape index (κ1) is 22.0. The van der Waals surface area contributed by atoms with Gasteiger partial charge in [-0.25, -0.2) is 0 Å². The molecule has 3 aliphatic carbocycles. The maximum absolute atomic E-state index is 13.5. The molecule has 2 aromatic rings. The standard InChI is InChI=1S/C26H29N5O4/c1-35-21-4-2-3-18-15(21)9-20(29-18)23(32)30-19(7-13-5-6-13)24(33)31-26(12-27)10-14-8-17(26)22-16(14)11-28-25(22)34/h2-4,9,13-14,16-17,19,22,29H,5-8,10-11H2,1H3,(H,28,34)(H,30,32)(H,31,33)/t14-,16+,17-,19-,22-,26+/m0/s1. The lowest BCUT2D eigenvalue weighted by Crippen LogP contribution is -2.59. The Morgan fingerprint density at radius 2 is 2.17 bits per heavy atom. The van der Waals surface area contributed by atoms with Gasteiger partial charge < -0.3 is 25.7 Å². The monoisotopic (exact) mass is 475 g/mol. The molecule has 2 bridgehead atoms. The molecule has 6 atom stereocenters. The summed E-state index contributed by atoms with van der Waals surface area (Å²) in [5.74, 6) is 0.422. The highest BCUT2D eigenvalue weighted by molar-refractivity contribution is 6.01. The number of carbonyl (C=O) groups excluding carboxylic acids is 3. The predicted octanol–water partition coefficient (Wildman–Crippen LogP) is 1.86. The number of benzene rings is 1. The van der Waals surface area contributed by atoms with Gasteiger partial charge in [0.25, 0.3) is 5.91 Å². The van der Waals surface area contributed by atoms with Gasteiger partial charge in [0.1, 0.15) is 23.0 Å². The SMILES string of the molecule is COc1cccc2[nH]c(C(=O)N[C@@H](CC3CC3)C(=O)N[C@@]3(C#N)C[C@@H]4C[C@H]3[C@H]3C(=O)NC[C@H]43)cc12. The van der Waals surface area contributed by atoms with E-state index in [9.17, 15) is 19.6 Å². The number of aromatic nitrogens is 1. The average Bonchev–Trinajstić information content (AvgIpc) is 3.18. The van der Waals surface area contributed by atoms with Crippen LogP contribution in [0.15, 0.2) is 24.3 Å². The lowest BCUT2D eigenvalue weighted by atomic mass is 9.71. The molecule has 2 heterocycles. The van der Waals surface area contributed by atoms with Gasteiger partial charge in [-0.15, -0.1) is 0 Å². The molecule has 0 radical (unpaired) electrons. The van der Waals surface area contributed by atoms with Gasteiger partial charge in [0.15, 0.2) is 0 Å². The van der Waals surface area contributed by atoms with Gasteiger partial charge >= 0.3 is 0 Å². The van der Waals surface area contributed by atoms with Crippen LogP contribution < -0.4 is 20.7 Å². The summed E-state index contributed by atoms with van der Waals surface area (Å²) in [5.41, 5.74) is 0.0528. The zero-order chi connectivity index (χ0) is 24.3. The fourth-order valence-electron chi connectivity index (χ4n) is 6.74. The number of nitriles is 1. The summed E-state index contributed by atoms with van der Waals surface area (Å²) in [6.45, 7) is 0.662. The summed E-state index contributed by atoms with van der Waals surface area (Å²) in [6.07, 6.45) is 3.93. The first-order valence-corrected chi connectivity index (χ1v) is 12.4. The minimum Gasteiger partial charge on any atom is -0.496 e. The minimum absolute atomic E-state index is 0.00635. The molecule has 4 N–H and O–H groups in total. The maximum atomic E-state index is 13.5. The number of ether oxygens (including phenoxy) is 1. The van der Waals surface area contributed by atoms with Gasteiger partial charge in [-0.2, -0.15) is 5.26 Å². The van der Waals surface area contributed by atoms with E-state index in [2.05, 4.69) is 27.0 Å². The fourth-order valence-corrected chi connectivity index (χ4v) is 6.74. The average molecular weight is 476 g/mol. The van der Waals surface area contributed by atoms with E-state index in [1.54, 1.807) is 13.2 Å². The number of methoxy groups -OCH3 is 1. The molecule has 9 nitrogen and oxygen atoms in total. The molecule has 1 aliphatic heterocycles. The van der Waals surface area contributed by atoms with Crippen LogP contribution in [0.2, 0.25) is 0 Å². The summed E-state index contributed by atoms with van der Waals surface area (Å²) in [6, 6.07) is 8.87. The van der Waals surface area contributed by atoms with Crippen LogP contribution in [0.5, 0.6) is 5.75 Å². The van der Waals surface area contributed by atoms with E-state index in [1.807, 2.05) is 18.2 Å². The van der Waals surface area contributed by atoms with Crippen LogP contribution in [0, 0.1) is 40.9 Å². The third kappa shape index (κ3) is 3.54. The summed E-state index contributed by atoms with van der Waals surface area (Å²) < 4.78 is 5.39. The van der Waals surface area contributed by atoms with Crippen molar-refractivity contribution < 1.29 is 19.1 Å². The Labute approximate surface area is 203 Å². The summed E-state index contributed by atoms with van der Waals surface area (Å²) >= 11 is 0. The molecule has 3 amide bonds. The summed E-state index contributed by atoms with van der Waals surface area (Å²) in [7, 11) is 1.58. The Balaban J connectivity index is 1.21.